The summed E-state index contributed by atoms with van der Waals surface area (Å²) in [6.07, 6.45) is 2.31. The molecule has 0 bridgehead atoms. The Bertz CT molecular complexity index is 437. The molecule has 2 nitrogen and oxygen atoms in total. The smallest absolute Gasteiger partial charge is 0.111 e. The molecule has 2 rings (SSSR count). The molecule has 0 aliphatic heterocycles. The molecule has 1 aliphatic carbocycles. The lowest BCUT2D eigenvalue weighted by Crippen LogP contribution is -2.18. The monoisotopic (exact) mass is 231 g/mol. The van der Waals surface area contributed by atoms with Gasteiger partial charge in [-0.15, -0.1) is 4.91 Å². The van der Waals surface area contributed by atoms with Gasteiger partial charge in [-0.25, -0.2) is 0 Å². The molecule has 0 saturated heterocycles. The Balaban J connectivity index is 2.61. The lowest BCUT2D eigenvalue weighted by Gasteiger charge is -2.31. The molecule has 2 heteroatoms. The first kappa shape index (κ1) is 12.3. The van der Waals surface area contributed by atoms with E-state index in [-0.39, 0.29) is 0 Å². The summed E-state index contributed by atoms with van der Waals surface area (Å²) in [6.45, 7) is 8.90. The maximum atomic E-state index is 10.9. The molecule has 17 heavy (non-hydrogen) atoms. The van der Waals surface area contributed by atoms with Crippen LogP contribution in [-0.4, -0.2) is 0 Å². The molecule has 0 radical (unpaired) electrons. The van der Waals surface area contributed by atoms with Crippen molar-refractivity contribution in [3.8, 4) is 0 Å². The van der Waals surface area contributed by atoms with Crippen LogP contribution in [0.1, 0.15) is 62.6 Å². The van der Waals surface area contributed by atoms with Crippen LogP contribution in [0.5, 0.6) is 0 Å². The summed E-state index contributed by atoms with van der Waals surface area (Å²) in [6, 6.07) is 4.01. The first-order valence-corrected chi connectivity index (χ1v) is 6.55. The Morgan fingerprint density at radius 3 is 2.59 bits per heavy atom. The molecule has 1 aromatic carbocycles. The third-order valence-corrected chi connectivity index (χ3v) is 4.24. The predicted molar refractivity (Wildman–Crippen MR) is 71.9 cm³/mol. The van der Waals surface area contributed by atoms with E-state index in [0.717, 1.165) is 12.3 Å². The average molecular weight is 231 g/mol. The molecule has 0 saturated carbocycles. The highest BCUT2D eigenvalue weighted by Gasteiger charge is 2.26. The van der Waals surface area contributed by atoms with Crippen LogP contribution in [0.3, 0.4) is 0 Å². The SMILES string of the molecule is CC(C)c1c(N=O)ccc2c1CCC(C)C2C. The quantitative estimate of drug-likeness (QED) is 0.666. The zero-order valence-electron chi connectivity index (χ0n) is 11.2. The van der Waals surface area contributed by atoms with Gasteiger partial charge in [0.25, 0.3) is 0 Å². The van der Waals surface area contributed by atoms with E-state index in [1.165, 1.54) is 23.1 Å². The minimum Gasteiger partial charge on any atom is -0.145 e. The van der Waals surface area contributed by atoms with Crippen LogP contribution in [0, 0.1) is 10.8 Å². The number of nitrogens with zero attached hydrogens (tertiary/aromatic N) is 1. The van der Waals surface area contributed by atoms with E-state index in [2.05, 4.69) is 38.9 Å². The molecular weight excluding hydrogens is 210 g/mol. The molecule has 0 fully saturated rings. The van der Waals surface area contributed by atoms with Crippen molar-refractivity contribution in [2.24, 2.45) is 11.1 Å². The standard InChI is InChI=1S/C15H21NO/c1-9(2)15-13-6-5-10(3)11(4)12(13)7-8-14(15)16-17/h7-11H,5-6H2,1-4H3. The fraction of sp³-hybridized carbons (Fsp3) is 0.600. The second kappa shape index (κ2) is 4.59. The second-order valence-electron chi connectivity index (χ2n) is 5.62. The Hall–Kier alpha value is -1.18. The van der Waals surface area contributed by atoms with E-state index in [1.807, 2.05) is 6.07 Å². The van der Waals surface area contributed by atoms with Crippen molar-refractivity contribution in [3.63, 3.8) is 0 Å². The molecule has 0 spiro atoms. The minimum absolute atomic E-state index is 0.373. The van der Waals surface area contributed by atoms with Crippen LogP contribution in [0.25, 0.3) is 0 Å². The highest BCUT2D eigenvalue weighted by atomic mass is 16.3. The van der Waals surface area contributed by atoms with Crippen molar-refractivity contribution in [2.75, 3.05) is 0 Å². The Kier molecular flexibility index (Phi) is 3.32. The maximum absolute atomic E-state index is 10.9. The van der Waals surface area contributed by atoms with Crippen LogP contribution in [0.2, 0.25) is 0 Å². The van der Waals surface area contributed by atoms with Crippen molar-refractivity contribution in [1.82, 2.24) is 0 Å². The van der Waals surface area contributed by atoms with E-state index in [1.54, 1.807) is 0 Å². The van der Waals surface area contributed by atoms with Gasteiger partial charge >= 0.3 is 0 Å². The summed E-state index contributed by atoms with van der Waals surface area (Å²) in [5, 5.41) is 3.19. The van der Waals surface area contributed by atoms with Gasteiger partial charge < -0.3 is 0 Å². The summed E-state index contributed by atoms with van der Waals surface area (Å²) in [5.74, 6) is 1.70. The van der Waals surface area contributed by atoms with Gasteiger partial charge in [-0.05, 0) is 58.5 Å². The van der Waals surface area contributed by atoms with E-state index in [4.69, 9.17) is 0 Å². The van der Waals surface area contributed by atoms with E-state index in [0.29, 0.717) is 17.5 Å². The van der Waals surface area contributed by atoms with Crippen molar-refractivity contribution in [3.05, 3.63) is 33.7 Å². The molecule has 1 aromatic rings. The molecule has 2 atom stereocenters. The molecule has 0 N–H and O–H groups in total. The van der Waals surface area contributed by atoms with Crippen molar-refractivity contribution >= 4 is 5.69 Å². The highest BCUT2D eigenvalue weighted by molar-refractivity contribution is 5.56. The first-order chi connectivity index (χ1) is 8.06. The zero-order chi connectivity index (χ0) is 12.6. The third kappa shape index (κ3) is 2.01. The maximum Gasteiger partial charge on any atom is 0.111 e. The van der Waals surface area contributed by atoms with Crippen LogP contribution in [0.4, 0.5) is 5.69 Å². The molecule has 92 valence electrons. The molecule has 0 heterocycles. The van der Waals surface area contributed by atoms with E-state index >= 15 is 0 Å². The summed E-state index contributed by atoms with van der Waals surface area (Å²) in [7, 11) is 0. The topological polar surface area (TPSA) is 29.4 Å². The molecular formula is C15H21NO. The van der Waals surface area contributed by atoms with Gasteiger partial charge in [0.05, 0.1) is 0 Å². The molecule has 0 amide bonds. The average Bonchev–Trinajstić information content (AvgIpc) is 2.32. The number of fused-ring (bicyclic) bond motifs is 1. The van der Waals surface area contributed by atoms with Crippen molar-refractivity contribution < 1.29 is 0 Å². The highest BCUT2D eigenvalue weighted by Crippen LogP contribution is 2.42. The Morgan fingerprint density at radius 1 is 1.29 bits per heavy atom. The fourth-order valence-corrected chi connectivity index (χ4v) is 3.03. The van der Waals surface area contributed by atoms with Crippen molar-refractivity contribution in [2.45, 2.75) is 52.4 Å². The number of nitroso groups, excluding NO2 is 1. The second-order valence-corrected chi connectivity index (χ2v) is 5.62. The van der Waals surface area contributed by atoms with Crippen LogP contribution in [0.15, 0.2) is 17.3 Å². The lowest BCUT2D eigenvalue weighted by atomic mass is 9.74. The summed E-state index contributed by atoms with van der Waals surface area (Å²) in [5.41, 5.74) is 4.64. The predicted octanol–water partition coefficient (Wildman–Crippen LogP) is 4.89. The largest absolute Gasteiger partial charge is 0.145 e. The van der Waals surface area contributed by atoms with Crippen LogP contribution in [-0.2, 0) is 6.42 Å². The van der Waals surface area contributed by atoms with Gasteiger partial charge in [0.2, 0.25) is 0 Å². The van der Waals surface area contributed by atoms with E-state index < -0.39 is 0 Å². The first-order valence-electron chi connectivity index (χ1n) is 6.55. The van der Waals surface area contributed by atoms with Crippen molar-refractivity contribution in [1.29, 1.82) is 0 Å². The Morgan fingerprint density at radius 2 is 2.00 bits per heavy atom. The normalized spacial score (nSPS) is 23.6. The van der Waals surface area contributed by atoms with Gasteiger partial charge in [-0.2, -0.15) is 0 Å². The third-order valence-electron chi connectivity index (χ3n) is 4.24. The number of benzene rings is 1. The summed E-state index contributed by atoms with van der Waals surface area (Å²) < 4.78 is 0. The zero-order valence-corrected chi connectivity index (χ0v) is 11.2. The minimum atomic E-state index is 0.373. The van der Waals surface area contributed by atoms with Gasteiger partial charge in [0, 0.05) is 0 Å². The van der Waals surface area contributed by atoms with Crippen LogP contribution < -0.4 is 0 Å². The van der Waals surface area contributed by atoms with E-state index in [9.17, 15) is 4.91 Å². The fourth-order valence-electron chi connectivity index (χ4n) is 3.03. The number of hydrogen-bond donors (Lipinski definition) is 0. The molecule has 1 aliphatic rings. The molecule has 0 aromatic heterocycles. The molecule has 2 unspecified atom stereocenters. The van der Waals surface area contributed by atoms with Gasteiger partial charge in [-0.1, -0.05) is 33.8 Å². The number of hydrogen-bond acceptors (Lipinski definition) is 2. The van der Waals surface area contributed by atoms with Crippen LogP contribution >= 0.6 is 0 Å². The van der Waals surface area contributed by atoms with Gasteiger partial charge in [0.15, 0.2) is 0 Å². The summed E-state index contributed by atoms with van der Waals surface area (Å²) in [4.78, 5) is 10.9. The summed E-state index contributed by atoms with van der Waals surface area (Å²) >= 11 is 0. The Labute approximate surface area is 103 Å². The van der Waals surface area contributed by atoms with Gasteiger partial charge in [0.1, 0.15) is 5.69 Å². The number of rotatable bonds is 2. The van der Waals surface area contributed by atoms with Gasteiger partial charge in [-0.3, -0.25) is 0 Å². The lowest BCUT2D eigenvalue weighted by molar-refractivity contribution is 0.424.